The van der Waals surface area contributed by atoms with Gasteiger partial charge in [-0.15, -0.1) is 0 Å². The van der Waals surface area contributed by atoms with Gasteiger partial charge in [-0.3, -0.25) is 14.9 Å². The van der Waals surface area contributed by atoms with Crippen LogP contribution in [-0.2, 0) is 9.53 Å². The molecule has 196 valence electrons. The molecule has 3 rings (SSSR count). The van der Waals surface area contributed by atoms with E-state index in [1.165, 1.54) is 36.4 Å². The fourth-order valence-corrected chi connectivity index (χ4v) is 3.95. The Bertz CT molecular complexity index is 1170. The van der Waals surface area contributed by atoms with Crippen molar-refractivity contribution in [2.24, 2.45) is 0 Å². The van der Waals surface area contributed by atoms with E-state index in [9.17, 15) is 27.6 Å². The number of methoxy groups -OCH3 is 1. The number of carbonyl (C=O) groups is 2. The number of alkyl halides is 3. The number of amides is 2. The summed E-state index contributed by atoms with van der Waals surface area (Å²) < 4.78 is 46.8. The lowest BCUT2D eigenvalue weighted by molar-refractivity contribution is -0.161. The molecule has 0 saturated carbocycles. The second-order valence-corrected chi connectivity index (χ2v) is 8.76. The molecule has 2 amide bonds. The van der Waals surface area contributed by atoms with E-state index in [2.05, 4.69) is 20.0 Å². The minimum absolute atomic E-state index is 0.0149. The summed E-state index contributed by atoms with van der Waals surface area (Å²) in [7, 11) is 4.76. The van der Waals surface area contributed by atoms with Gasteiger partial charge in [0.15, 0.2) is 0 Å². The SMILES string of the molecule is COC(=O)Nc1cc(-c2cc(N3CCN(C(=O)CCN(C)C)CC3C(F)(F)F)[nH]c(=O)c2)c(C)cn1. The van der Waals surface area contributed by atoms with Crippen molar-refractivity contribution in [2.75, 3.05) is 57.6 Å². The second-order valence-electron chi connectivity index (χ2n) is 8.76. The van der Waals surface area contributed by atoms with Crippen molar-refractivity contribution in [3.05, 3.63) is 40.3 Å². The Hall–Kier alpha value is -3.61. The number of rotatable bonds is 6. The molecule has 0 spiro atoms. The predicted molar refractivity (Wildman–Crippen MR) is 128 cm³/mol. The van der Waals surface area contributed by atoms with E-state index in [0.29, 0.717) is 23.2 Å². The first-order valence-electron chi connectivity index (χ1n) is 11.2. The number of anilines is 2. The largest absolute Gasteiger partial charge is 0.453 e. The lowest BCUT2D eigenvalue weighted by atomic mass is 10.0. The highest BCUT2D eigenvalue weighted by atomic mass is 19.4. The zero-order valence-electron chi connectivity index (χ0n) is 20.5. The molecule has 1 aliphatic rings. The van der Waals surface area contributed by atoms with E-state index in [0.717, 1.165) is 4.90 Å². The Morgan fingerprint density at radius 3 is 2.61 bits per heavy atom. The number of piperazine rings is 1. The van der Waals surface area contributed by atoms with Crippen LogP contribution >= 0.6 is 0 Å². The van der Waals surface area contributed by atoms with Gasteiger partial charge in [0.1, 0.15) is 17.7 Å². The van der Waals surface area contributed by atoms with Gasteiger partial charge in [-0.1, -0.05) is 0 Å². The molecule has 36 heavy (non-hydrogen) atoms. The highest BCUT2D eigenvalue weighted by molar-refractivity contribution is 5.85. The Morgan fingerprint density at radius 2 is 1.97 bits per heavy atom. The molecule has 2 aromatic rings. The van der Waals surface area contributed by atoms with Crippen LogP contribution in [0.3, 0.4) is 0 Å². The number of nitrogens with one attached hydrogen (secondary N) is 2. The Labute approximate surface area is 206 Å². The molecule has 1 saturated heterocycles. The summed E-state index contributed by atoms with van der Waals surface area (Å²) in [6.45, 7) is 1.60. The van der Waals surface area contributed by atoms with E-state index >= 15 is 0 Å². The highest BCUT2D eigenvalue weighted by Crippen LogP contribution is 2.33. The molecule has 1 unspecified atom stereocenters. The molecular weight excluding hydrogens is 481 g/mol. The summed E-state index contributed by atoms with van der Waals surface area (Å²) in [5.41, 5.74) is 0.911. The van der Waals surface area contributed by atoms with Crippen LogP contribution in [0.15, 0.2) is 29.2 Å². The number of aromatic amines is 1. The van der Waals surface area contributed by atoms with Gasteiger partial charge in [0.05, 0.1) is 7.11 Å². The molecule has 1 aliphatic heterocycles. The monoisotopic (exact) mass is 510 g/mol. The van der Waals surface area contributed by atoms with Crippen molar-refractivity contribution in [1.82, 2.24) is 19.8 Å². The first-order chi connectivity index (χ1) is 16.9. The highest BCUT2D eigenvalue weighted by Gasteiger charge is 2.47. The molecule has 0 radical (unpaired) electrons. The molecule has 13 heteroatoms. The zero-order chi connectivity index (χ0) is 26.6. The van der Waals surface area contributed by atoms with Gasteiger partial charge >= 0.3 is 12.3 Å². The van der Waals surface area contributed by atoms with E-state index in [4.69, 9.17) is 0 Å². The lowest BCUT2D eigenvalue weighted by Crippen LogP contribution is -2.60. The quantitative estimate of drug-likeness (QED) is 0.614. The number of aryl methyl sites for hydroxylation is 1. The van der Waals surface area contributed by atoms with Crippen LogP contribution in [0.4, 0.5) is 29.6 Å². The van der Waals surface area contributed by atoms with Gasteiger partial charge in [-0.2, -0.15) is 13.2 Å². The van der Waals surface area contributed by atoms with Crippen LogP contribution in [0.25, 0.3) is 11.1 Å². The molecular formula is C23H29F3N6O4. The molecule has 0 bridgehead atoms. The molecule has 0 aliphatic carbocycles. The van der Waals surface area contributed by atoms with Crippen LogP contribution < -0.4 is 15.8 Å². The fraction of sp³-hybridized carbons (Fsp3) is 0.478. The Kier molecular flexibility index (Phi) is 8.23. The summed E-state index contributed by atoms with van der Waals surface area (Å²) >= 11 is 0. The Balaban J connectivity index is 1.93. The second kappa shape index (κ2) is 11.0. The van der Waals surface area contributed by atoms with Crippen molar-refractivity contribution in [3.8, 4) is 11.1 Å². The molecule has 1 atom stereocenters. The minimum atomic E-state index is -4.64. The van der Waals surface area contributed by atoms with Crippen molar-refractivity contribution in [2.45, 2.75) is 25.6 Å². The summed E-state index contributed by atoms with van der Waals surface area (Å²) in [6.07, 6.45) is -3.79. The van der Waals surface area contributed by atoms with Gasteiger partial charge in [0, 0.05) is 44.9 Å². The zero-order valence-corrected chi connectivity index (χ0v) is 20.5. The maximum atomic E-state index is 14.1. The number of halogens is 3. The topological polar surface area (TPSA) is 111 Å². The number of pyridine rings is 2. The smallest absolute Gasteiger partial charge is 0.412 e. The summed E-state index contributed by atoms with van der Waals surface area (Å²) in [5, 5.41) is 2.42. The maximum Gasteiger partial charge on any atom is 0.412 e. The number of aromatic nitrogens is 2. The first-order valence-corrected chi connectivity index (χ1v) is 11.2. The van der Waals surface area contributed by atoms with Crippen molar-refractivity contribution in [3.63, 3.8) is 0 Å². The molecule has 10 nitrogen and oxygen atoms in total. The number of hydrogen-bond acceptors (Lipinski definition) is 7. The summed E-state index contributed by atoms with van der Waals surface area (Å²) in [4.78, 5) is 47.2. The first kappa shape index (κ1) is 27.0. The van der Waals surface area contributed by atoms with Gasteiger partial charge in [-0.25, -0.2) is 9.78 Å². The fourth-order valence-electron chi connectivity index (χ4n) is 3.95. The van der Waals surface area contributed by atoms with E-state index < -0.39 is 30.4 Å². The number of ether oxygens (including phenoxy) is 1. The van der Waals surface area contributed by atoms with Crippen molar-refractivity contribution < 1.29 is 27.5 Å². The molecule has 3 heterocycles. The normalized spacial score (nSPS) is 16.3. The number of nitrogens with zero attached hydrogens (tertiary/aromatic N) is 4. The van der Waals surface area contributed by atoms with Crippen LogP contribution in [0, 0.1) is 6.92 Å². The average Bonchev–Trinajstić information content (AvgIpc) is 2.82. The summed E-state index contributed by atoms with van der Waals surface area (Å²) in [5.74, 6) is -0.209. The van der Waals surface area contributed by atoms with Gasteiger partial charge in [0.2, 0.25) is 11.5 Å². The van der Waals surface area contributed by atoms with Gasteiger partial charge < -0.3 is 24.4 Å². The van der Waals surface area contributed by atoms with E-state index in [1.54, 1.807) is 25.9 Å². The number of H-pyrrole nitrogens is 1. The van der Waals surface area contributed by atoms with Crippen molar-refractivity contribution in [1.29, 1.82) is 0 Å². The molecule has 0 aromatic carbocycles. The Morgan fingerprint density at radius 1 is 1.25 bits per heavy atom. The molecule has 1 fully saturated rings. The van der Waals surface area contributed by atoms with E-state index in [1.807, 2.05) is 0 Å². The summed E-state index contributed by atoms with van der Waals surface area (Å²) in [6, 6.07) is 2.23. The third-order valence-electron chi connectivity index (χ3n) is 5.85. The van der Waals surface area contributed by atoms with Crippen LogP contribution in [0.1, 0.15) is 12.0 Å². The number of hydrogen-bond donors (Lipinski definition) is 2. The average molecular weight is 511 g/mol. The predicted octanol–water partition coefficient (Wildman–Crippen LogP) is 2.45. The third kappa shape index (κ3) is 6.53. The lowest BCUT2D eigenvalue weighted by Gasteiger charge is -2.43. The van der Waals surface area contributed by atoms with E-state index in [-0.39, 0.29) is 37.1 Å². The van der Waals surface area contributed by atoms with Crippen molar-refractivity contribution >= 4 is 23.6 Å². The van der Waals surface area contributed by atoms with Gasteiger partial charge in [0.25, 0.3) is 0 Å². The third-order valence-corrected chi connectivity index (χ3v) is 5.85. The maximum absolute atomic E-state index is 14.1. The van der Waals surface area contributed by atoms with Crippen LogP contribution in [0.2, 0.25) is 0 Å². The van der Waals surface area contributed by atoms with Crippen LogP contribution in [0.5, 0.6) is 0 Å². The van der Waals surface area contributed by atoms with Gasteiger partial charge in [-0.05, 0) is 49.8 Å². The number of carbonyl (C=O) groups excluding carboxylic acids is 2. The standard InChI is InChI=1S/C23H29F3N6O4/c1-14-12-27-18(28-22(35)36-4)11-16(14)15-9-19(29-20(33)10-15)32-8-7-31(13-17(32)23(24,25)26)21(34)5-6-30(2)3/h9-12,17H,5-8,13H2,1-4H3,(H,29,33)(H,27,28,35). The van der Waals surface area contributed by atoms with Crippen LogP contribution in [-0.4, -0.2) is 91.4 Å². The minimum Gasteiger partial charge on any atom is -0.453 e. The molecule has 2 N–H and O–H groups in total. The molecule has 2 aromatic heterocycles.